The Hall–Kier alpha value is -3.37. The fourth-order valence-corrected chi connectivity index (χ4v) is 5.95. The van der Waals surface area contributed by atoms with E-state index in [1.165, 1.54) is 6.33 Å². The van der Waals surface area contributed by atoms with Gasteiger partial charge in [-0.1, -0.05) is 12.1 Å². The lowest BCUT2D eigenvalue weighted by Crippen LogP contribution is -2.38. The van der Waals surface area contributed by atoms with Crippen LogP contribution in [-0.2, 0) is 4.79 Å². The average molecular weight is 475 g/mol. The van der Waals surface area contributed by atoms with E-state index < -0.39 is 0 Å². The zero-order chi connectivity index (χ0) is 23.4. The van der Waals surface area contributed by atoms with Gasteiger partial charge < -0.3 is 15.5 Å². The van der Waals surface area contributed by atoms with Gasteiger partial charge in [0.1, 0.15) is 17.8 Å². The van der Waals surface area contributed by atoms with Gasteiger partial charge in [-0.15, -0.1) is 11.3 Å². The van der Waals surface area contributed by atoms with Gasteiger partial charge in [-0.3, -0.25) is 4.79 Å². The van der Waals surface area contributed by atoms with Crippen LogP contribution in [0.2, 0.25) is 0 Å². The van der Waals surface area contributed by atoms with Crippen molar-refractivity contribution in [3.05, 3.63) is 42.2 Å². The summed E-state index contributed by atoms with van der Waals surface area (Å²) in [7, 11) is 3.98. The van der Waals surface area contributed by atoms with E-state index in [4.69, 9.17) is 10.8 Å². The standard InChI is InChI=1S/C24H26N8OS/c1-30(2)7-3-4-20(33)31-10-15-8-18(16(15)11-31)32-24-21(23(25)26-12-27-24)22(29-32)14-5-6-17-19(9-14)34-13-28-17/h3-6,9,12-13,15-16,18H,7-8,10-11H2,1-2H3,(H2,25,26,27)/b4-3+. The summed E-state index contributed by atoms with van der Waals surface area (Å²) in [5, 5.41) is 5.81. The minimum Gasteiger partial charge on any atom is -0.383 e. The number of nitrogens with two attached hydrogens (primary N) is 1. The maximum Gasteiger partial charge on any atom is 0.246 e. The zero-order valence-corrected chi connectivity index (χ0v) is 19.9. The molecular weight excluding hydrogens is 448 g/mol. The maximum atomic E-state index is 12.7. The van der Waals surface area contributed by atoms with Crippen LogP contribution in [0.4, 0.5) is 5.82 Å². The highest BCUT2D eigenvalue weighted by molar-refractivity contribution is 7.16. The van der Waals surface area contributed by atoms with Gasteiger partial charge in [0.2, 0.25) is 5.91 Å². The molecule has 2 fully saturated rings. The van der Waals surface area contributed by atoms with E-state index in [1.54, 1.807) is 17.4 Å². The largest absolute Gasteiger partial charge is 0.383 e. The molecule has 1 aliphatic carbocycles. The third kappa shape index (κ3) is 3.45. The summed E-state index contributed by atoms with van der Waals surface area (Å²) in [6.07, 6.45) is 6.10. The first-order valence-electron chi connectivity index (χ1n) is 11.4. The highest BCUT2D eigenvalue weighted by Crippen LogP contribution is 2.50. The van der Waals surface area contributed by atoms with E-state index in [1.807, 2.05) is 52.3 Å². The number of rotatable bonds is 5. The molecule has 174 valence electrons. The van der Waals surface area contributed by atoms with Gasteiger partial charge in [0.25, 0.3) is 0 Å². The number of amides is 1. The summed E-state index contributed by atoms with van der Waals surface area (Å²) >= 11 is 1.60. The van der Waals surface area contributed by atoms with Crippen molar-refractivity contribution in [1.82, 2.24) is 34.5 Å². The van der Waals surface area contributed by atoms with Crippen molar-refractivity contribution in [1.29, 1.82) is 0 Å². The summed E-state index contributed by atoms with van der Waals surface area (Å²) < 4.78 is 3.13. The molecule has 0 bridgehead atoms. The quantitative estimate of drug-likeness (QED) is 0.443. The van der Waals surface area contributed by atoms with Gasteiger partial charge in [-0.05, 0) is 38.6 Å². The highest BCUT2D eigenvalue weighted by Gasteiger charge is 2.50. The molecule has 2 N–H and O–H groups in total. The fourth-order valence-electron chi connectivity index (χ4n) is 5.23. The summed E-state index contributed by atoms with van der Waals surface area (Å²) in [6, 6.07) is 6.33. The molecule has 4 heterocycles. The van der Waals surface area contributed by atoms with Gasteiger partial charge in [0, 0.05) is 37.2 Å². The van der Waals surface area contributed by atoms with Crippen LogP contribution in [0.25, 0.3) is 32.5 Å². The number of nitrogens with zero attached hydrogens (tertiary/aromatic N) is 7. The number of aromatic nitrogens is 5. The minimum atomic E-state index is 0.0884. The van der Waals surface area contributed by atoms with Crippen LogP contribution in [0.5, 0.6) is 0 Å². The lowest BCUT2D eigenvalue weighted by Gasteiger charge is -2.39. The average Bonchev–Trinajstić information content (AvgIpc) is 3.50. The number of hydrogen-bond acceptors (Lipinski definition) is 8. The smallest absolute Gasteiger partial charge is 0.246 e. The Kier molecular flexibility index (Phi) is 5.07. The van der Waals surface area contributed by atoms with Crippen molar-refractivity contribution in [3.8, 4) is 11.3 Å². The van der Waals surface area contributed by atoms with Gasteiger partial charge >= 0.3 is 0 Å². The van der Waals surface area contributed by atoms with Crippen LogP contribution in [0.3, 0.4) is 0 Å². The van der Waals surface area contributed by atoms with Crippen LogP contribution in [0.15, 0.2) is 42.2 Å². The third-order valence-electron chi connectivity index (χ3n) is 7.01. The van der Waals surface area contributed by atoms with Crippen molar-refractivity contribution in [2.45, 2.75) is 12.5 Å². The van der Waals surface area contributed by atoms with Gasteiger partial charge in [0.05, 0.1) is 27.2 Å². The van der Waals surface area contributed by atoms with Crippen molar-refractivity contribution in [3.63, 3.8) is 0 Å². The second-order valence-electron chi connectivity index (χ2n) is 9.42. The second-order valence-corrected chi connectivity index (χ2v) is 10.3. The number of fused-ring (bicyclic) bond motifs is 3. The summed E-state index contributed by atoms with van der Waals surface area (Å²) in [4.78, 5) is 29.9. The van der Waals surface area contributed by atoms with Crippen molar-refractivity contribution in [2.75, 3.05) is 39.5 Å². The normalized spacial score (nSPS) is 22.2. The summed E-state index contributed by atoms with van der Waals surface area (Å²) in [5.74, 6) is 1.38. The molecule has 4 aromatic rings. The molecule has 34 heavy (non-hydrogen) atoms. The van der Waals surface area contributed by atoms with Crippen LogP contribution < -0.4 is 5.73 Å². The molecule has 1 saturated carbocycles. The predicted octanol–water partition coefficient (Wildman–Crippen LogP) is 2.82. The molecule has 3 unspecified atom stereocenters. The van der Waals surface area contributed by atoms with E-state index >= 15 is 0 Å². The Balaban J connectivity index is 1.31. The number of carbonyl (C=O) groups excluding carboxylic acids is 1. The van der Waals surface area contributed by atoms with E-state index in [2.05, 4.69) is 21.0 Å². The lowest BCUT2D eigenvalue weighted by atomic mass is 9.71. The molecule has 9 nitrogen and oxygen atoms in total. The highest BCUT2D eigenvalue weighted by atomic mass is 32.1. The van der Waals surface area contributed by atoms with Crippen molar-refractivity contribution >= 4 is 44.3 Å². The van der Waals surface area contributed by atoms with E-state index in [0.717, 1.165) is 58.6 Å². The first-order chi connectivity index (χ1) is 16.5. The molecule has 1 aromatic carbocycles. The molecule has 1 aliphatic heterocycles. The number of nitrogen functional groups attached to an aromatic ring is 1. The molecule has 2 aliphatic rings. The van der Waals surface area contributed by atoms with Crippen LogP contribution in [0.1, 0.15) is 12.5 Å². The maximum absolute atomic E-state index is 12.7. The number of anilines is 1. The van der Waals surface area contributed by atoms with E-state index in [0.29, 0.717) is 17.7 Å². The first-order valence-corrected chi connectivity index (χ1v) is 12.3. The van der Waals surface area contributed by atoms with Crippen molar-refractivity contribution in [2.24, 2.45) is 11.8 Å². The summed E-state index contributed by atoms with van der Waals surface area (Å²) in [6.45, 7) is 2.30. The Bertz CT molecular complexity index is 1420. The number of likely N-dealkylation sites (tertiary alicyclic amines) is 1. The number of carbonyl (C=O) groups is 1. The molecule has 10 heteroatoms. The number of benzene rings is 1. The molecule has 0 spiro atoms. The molecular formula is C24H26N8OS. The van der Waals surface area contributed by atoms with Gasteiger partial charge in [0.15, 0.2) is 5.65 Å². The molecule has 6 rings (SSSR count). The first kappa shape index (κ1) is 21.2. The van der Waals surface area contributed by atoms with Crippen LogP contribution in [-0.4, -0.2) is 74.2 Å². The molecule has 3 atom stereocenters. The van der Waals surface area contributed by atoms with Crippen LogP contribution >= 0.6 is 11.3 Å². The Labute approximate surface area is 200 Å². The Morgan fingerprint density at radius 3 is 3.00 bits per heavy atom. The fraction of sp³-hybridized carbons (Fsp3) is 0.375. The van der Waals surface area contributed by atoms with Gasteiger partial charge in [-0.2, -0.15) is 5.10 Å². The third-order valence-corrected chi connectivity index (χ3v) is 7.80. The molecule has 1 amide bonds. The SMILES string of the molecule is CN(C)C/C=C/C(=O)N1CC2CC(n3nc(-c4ccc5ncsc5c4)c4c(N)ncnc43)C2C1. The van der Waals surface area contributed by atoms with Crippen LogP contribution in [0, 0.1) is 11.8 Å². The zero-order valence-electron chi connectivity index (χ0n) is 19.1. The minimum absolute atomic E-state index is 0.0884. The number of likely N-dealkylation sites (N-methyl/N-ethyl adjacent to an activating group) is 1. The second kappa shape index (κ2) is 8.14. The Morgan fingerprint density at radius 1 is 1.26 bits per heavy atom. The molecule has 1 saturated heterocycles. The number of hydrogen-bond donors (Lipinski definition) is 1. The number of thiazole rings is 1. The molecule has 3 aromatic heterocycles. The monoisotopic (exact) mass is 474 g/mol. The van der Waals surface area contributed by atoms with Crippen molar-refractivity contribution < 1.29 is 4.79 Å². The van der Waals surface area contributed by atoms with E-state index in [-0.39, 0.29) is 11.9 Å². The molecule has 0 radical (unpaired) electrons. The Morgan fingerprint density at radius 2 is 2.15 bits per heavy atom. The lowest BCUT2D eigenvalue weighted by molar-refractivity contribution is -0.125. The predicted molar refractivity (Wildman–Crippen MR) is 133 cm³/mol. The van der Waals surface area contributed by atoms with Gasteiger partial charge in [-0.25, -0.2) is 19.6 Å². The van der Waals surface area contributed by atoms with E-state index in [9.17, 15) is 4.79 Å². The topological polar surface area (TPSA) is 106 Å². The summed E-state index contributed by atoms with van der Waals surface area (Å²) in [5.41, 5.74) is 11.7.